The molecule has 0 aromatic carbocycles. The molecule has 2 rings (SSSR count). The fraction of sp³-hybridized carbons (Fsp3) is 0.692. The van der Waals surface area contributed by atoms with Crippen molar-refractivity contribution in [2.75, 3.05) is 25.6 Å². The molecule has 100 valence electrons. The molecular formula is C13H22N4O. The molecule has 1 fully saturated rings. The van der Waals surface area contributed by atoms with Crippen LogP contribution in [-0.2, 0) is 11.3 Å². The van der Waals surface area contributed by atoms with E-state index in [1.54, 1.807) is 7.11 Å². The van der Waals surface area contributed by atoms with Crippen LogP contribution in [0.3, 0.4) is 0 Å². The van der Waals surface area contributed by atoms with E-state index in [2.05, 4.69) is 27.1 Å². The third-order valence-electron chi connectivity index (χ3n) is 3.49. The Kier molecular flexibility index (Phi) is 4.49. The number of anilines is 1. The quantitative estimate of drug-likeness (QED) is 0.870. The fourth-order valence-corrected chi connectivity index (χ4v) is 2.43. The molecule has 18 heavy (non-hydrogen) atoms. The van der Waals surface area contributed by atoms with Crippen molar-refractivity contribution in [3.63, 3.8) is 0 Å². The third-order valence-corrected chi connectivity index (χ3v) is 3.49. The summed E-state index contributed by atoms with van der Waals surface area (Å²) in [5.41, 5.74) is 1.11. The zero-order chi connectivity index (χ0) is 13.0. The van der Waals surface area contributed by atoms with Gasteiger partial charge in [-0.2, -0.15) is 0 Å². The van der Waals surface area contributed by atoms with Gasteiger partial charge in [0, 0.05) is 44.2 Å². The van der Waals surface area contributed by atoms with Crippen LogP contribution in [0.2, 0.25) is 0 Å². The molecule has 1 N–H and O–H groups in total. The first-order valence-electron chi connectivity index (χ1n) is 6.49. The molecule has 1 aromatic rings. The topological polar surface area (TPSA) is 50.3 Å². The first-order chi connectivity index (χ1) is 8.74. The van der Waals surface area contributed by atoms with Crippen molar-refractivity contribution in [2.45, 2.75) is 38.5 Å². The van der Waals surface area contributed by atoms with Crippen LogP contribution in [0.5, 0.6) is 0 Å². The highest BCUT2D eigenvalue weighted by Crippen LogP contribution is 2.22. The number of nitrogens with zero attached hydrogens (tertiary/aromatic N) is 3. The zero-order valence-electron chi connectivity index (χ0n) is 11.4. The van der Waals surface area contributed by atoms with Crippen LogP contribution in [0.4, 0.5) is 5.95 Å². The lowest BCUT2D eigenvalue weighted by Gasteiger charge is -2.37. The van der Waals surface area contributed by atoms with Crippen LogP contribution < -0.4 is 10.2 Å². The molecule has 5 nitrogen and oxygen atoms in total. The molecule has 1 aliphatic heterocycles. The van der Waals surface area contributed by atoms with E-state index in [0.29, 0.717) is 12.1 Å². The van der Waals surface area contributed by atoms with Gasteiger partial charge in [-0.05, 0) is 26.8 Å². The van der Waals surface area contributed by atoms with E-state index in [4.69, 9.17) is 4.74 Å². The molecule has 0 saturated carbocycles. The number of ether oxygens (including phenoxy) is 1. The largest absolute Gasteiger partial charge is 0.381 e. The lowest BCUT2D eigenvalue weighted by Crippen LogP contribution is -2.44. The van der Waals surface area contributed by atoms with Gasteiger partial charge in [0.1, 0.15) is 0 Å². The van der Waals surface area contributed by atoms with Gasteiger partial charge in [-0.25, -0.2) is 9.97 Å². The smallest absolute Gasteiger partial charge is 0.225 e. The summed E-state index contributed by atoms with van der Waals surface area (Å²) in [6.45, 7) is 3.97. The van der Waals surface area contributed by atoms with E-state index in [-0.39, 0.29) is 0 Å². The highest BCUT2D eigenvalue weighted by molar-refractivity contribution is 5.32. The van der Waals surface area contributed by atoms with E-state index in [0.717, 1.165) is 37.4 Å². The molecule has 0 radical (unpaired) electrons. The van der Waals surface area contributed by atoms with E-state index in [9.17, 15) is 0 Å². The first kappa shape index (κ1) is 13.2. The number of rotatable bonds is 4. The van der Waals surface area contributed by atoms with Crippen LogP contribution in [-0.4, -0.2) is 42.8 Å². The second kappa shape index (κ2) is 6.11. The number of methoxy groups -OCH3 is 1. The van der Waals surface area contributed by atoms with Gasteiger partial charge in [-0.15, -0.1) is 0 Å². The minimum atomic E-state index is 0.375. The average molecular weight is 250 g/mol. The minimum absolute atomic E-state index is 0.375. The van der Waals surface area contributed by atoms with Crippen molar-refractivity contribution in [2.24, 2.45) is 0 Å². The van der Waals surface area contributed by atoms with Crippen LogP contribution in [0.15, 0.2) is 12.4 Å². The first-order valence-corrected chi connectivity index (χ1v) is 6.49. The van der Waals surface area contributed by atoms with Crippen LogP contribution in [0.25, 0.3) is 0 Å². The third kappa shape index (κ3) is 2.97. The van der Waals surface area contributed by atoms with Crippen molar-refractivity contribution in [3.05, 3.63) is 18.0 Å². The lowest BCUT2D eigenvalue weighted by atomic mass is 10.0. The van der Waals surface area contributed by atoms with Gasteiger partial charge >= 0.3 is 0 Å². The second-order valence-electron chi connectivity index (χ2n) is 4.85. The fourth-order valence-electron chi connectivity index (χ4n) is 2.43. The Labute approximate surface area is 109 Å². The molecule has 1 saturated heterocycles. The van der Waals surface area contributed by atoms with Gasteiger partial charge in [0.15, 0.2) is 0 Å². The van der Waals surface area contributed by atoms with E-state index >= 15 is 0 Å². The van der Waals surface area contributed by atoms with Gasteiger partial charge in [0.25, 0.3) is 0 Å². The summed E-state index contributed by atoms with van der Waals surface area (Å²) < 4.78 is 5.42. The van der Waals surface area contributed by atoms with Gasteiger partial charge < -0.3 is 15.0 Å². The molecule has 5 heteroatoms. The van der Waals surface area contributed by atoms with Crippen LogP contribution in [0.1, 0.15) is 25.3 Å². The summed E-state index contributed by atoms with van der Waals surface area (Å²) in [6, 6.07) is 0.429. The zero-order valence-corrected chi connectivity index (χ0v) is 11.4. The summed E-state index contributed by atoms with van der Waals surface area (Å²) in [7, 11) is 3.71. The van der Waals surface area contributed by atoms with Gasteiger partial charge in [-0.1, -0.05) is 0 Å². The van der Waals surface area contributed by atoms with Crippen LogP contribution >= 0.6 is 0 Å². The Balaban J connectivity index is 2.03. The summed E-state index contributed by atoms with van der Waals surface area (Å²) in [5.74, 6) is 0.830. The summed E-state index contributed by atoms with van der Waals surface area (Å²) in [5, 5.41) is 3.10. The van der Waals surface area contributed by atoms with Crippen molar-refractivity contribution in [1.29, 1.82) is 0 Å². The number of hydrogen-bond donors (Lipinski definition) is 1. The molecular weight excluding hydrogens is 228 g/mol. The predicted molar refractivity (Wildman–Crippen MR) is 71.6 cm³/mol. The van der Waals surface area contributed by atoms with Crippen molar-refractivity contribution in [3.8, 4) is 0 Å². The van der Waals surface area contributed by atoms with Gasteiger partial charge in [0.05, 0.1) is 6.10 Å². The molecule has 1 aliphatic rings. The molecule has 2 heterocycles. The average Bonchev–Trinajstić information content (AvgIpc) is 2.40. The molecule has 1 aromatic heterocycles. The number of piperidine rings is 1. The van der Waals surface area contributed by atoms with E-state index in [1.165, 1.54) is 0 Å². The number of aromatic nitrogens is 2. The van der Waals surface area contributed by atoms with Crippen molar-refractivity contribution >= 4 is 5.95 Å². The Hall–Kier alpha value is -1.20. The highest BCUT2D eigenvalue weighted by Gasteiger charge is 2.26. The maximum Gasteiger partial charge on any atom is 0.225 e. The SMILES string of the molecule is CNCc1cnc(N2CCC(OC)CC2C)nc1. The molecule has 2 unspecified atom stereocenters. The summed E-state index contributed by atoms with van der Waals surface area (Å²) in [4.78, 5) is 11.2. The Bertz CT molecular complexity index is 368. The normalized spacial score (nSPS) is 24.3. The van der Waals surface area contributed by atoms with Gasteiger partial charge in [0.2, 0.25) is 5.95 Å². The lowest BCUT2D eigenvalue weighted by molar-refractivity contribution is 0.0718. The molecule has 0 amide bonds. The van der Waals surface area contributed by atoms with Gasteiger partial charge in [-0.3, -0.25) is 0 Å². The Morgan fingerprint density at radius 2 is 2.17 bits per heavy atom. The Morgan fingerprint density at radius 3 is 2.72 bits per heavy atom. The maximum atomic E-state index is 5.42. The minimum Gasteiger partial charge on any atom is -0.381 e. The summed E-state index contributed by atoms with van der Waals surface area (Å²) >= 11 is 0. The van der Waals surface area contributed by atoms with E-state index in [1.807, 2.05) is 19.4 Å². The second-order valence-corrected chi connectivity index (χ2v) is 4.85. The molecule has 0 bridgehead atoms. The highest BCUT2D eigenvalue weighted by atomic mass is 16.5. The van der Waals surface area contributed by atoms with Crippen molar-refractivity contribution < 1.29 is 4.74 Å². The molecule has 2 atom stereocenters. The van der Waals surface area contributed by atoms with Crippen molar-refractivity contribution in [1.82, 2.24) is 15.3 Å². The predicted octanol–water partition coefficient (Wildman–Crippen LogP) is 1.20. The number of nitrogens with one attached hydrogen (secondary N) is 1. The Morgan fingerprint density at radius 1 is 1.44 bits per heavy atom. The summed E-state index contributed by atoms with van der Waals surface area (Å²) in [6.07, 6.45) is 6.25. The molecule has 0 spiro atoms. The van der Waals surface area contributed by atoms with E-state index < -0.39 is 0 Å². The maximum absolute atomic E-state index is 5.42. The van der Waals surface area contributed by atoms with Crippen LogP contribution in [0, 0.1) is 0 Å². The monoisotopic (exact) mass is 250 g/mol. The standard InChI is InChI=1S/C13H22N4O/c1-10-6-12(18-3)4-5-17(10)13-15-8-11(7-14-2)9-16-13/h8-10,12,14H,4-7H2,1-3H3. The molecule has 0 aliphatic carbocycles. The number of hydrogen-bond acceptors (Lipinski definition) is 5.